The van der Waals surface area contributed by atoms with E-state index in [0.29, 0.717) is 12.8 Å². The first kappa shape index (κ1) is 22.8. The van der Waals surface area contributed by atoms with Crippen molar-refractivity contribution >= 4 is 18.0 Å². The van der Waals surface area contributed by atoms with Gasteiger partial charge >= 0.3 is 12.1 Å². The standard InChI is InChI=1S/C25H28N2O6/c1-2-22(23(28)26-12-16-11-15(13-32-16)24(29)30)27-25(31)33-14-21-19-9-5-3-7-17(19)18-8-4-6-10-20(18)21/h3-10,15-16,21-22H,2,11-14H2,1H3,(H,26,28)(H,27,31)(H,29,30). The van der Waals surface area contributed by atoms with Crippen LogP contribution in [0.4, 0.5) is 4.79 Å². The zero-order valence-electron chi connectivity index (χ0n) is 18.5. The third-order valence-corrected chi connectivity index (χ3v) is 6.29. The molecule has 3 N–H and O–H groups in total. The number of carboxylic acids is 1. The minimum Gasteiger partial charge on any atom is -0.481 e. The highest BCUT2D eigenvalue weighted by molar-refractivity contribution is 5.85. The van der Waals surface area contributed by atoms with Crippen LogP contribution in [0.5, 0.6) is 0 Å². The van der Waals surface area contributed by atoms with Crippen molar-refractivity contribution in [3.05, 3.63) is 59.7 Å². The lowest BCUT2D eigenvalue weighted by molar-refractivity contribution is -0.141. The fourth-order valence-corrected chi connectivity index (χ4v) is 4.49. The molecule has 2 aromatic carbocycles. The van der Waals surface area contributed by atoms with E-state index in [1.54, 1.807) is 6.92 Å². The first-order valence-electron chi connectivity index (χ1n) is 11.2. The number of fused-ring (bicyclic) bond motifs is 3. The maximum absolute atomic E-state index is 12.5. The molecule has 8 nitrogen and oxygen atoms in total. The highest BCUT2D eigenvalue weighted by Gasteiger charge is 2.32. The third-order valence-electron chi connectivity index (χ3n) is 6.29. The van der Waals surface area contributed by atoms with E-state index < -0.39 is 24.0 Å². The Morgan fingerprint density at radius 2 is 1.73 bits per heavy atom. The van der Waals surface area contributed by atoms with Gasteiger partial charge in [-0.3, -0.25) is 9.59 Å². The van der Waals surface area contributed by atoms with Crippen LogP contribution in [0.1, 0.15) is 36.8 Å². The monoisotopic (exact) mass is 452 g/mol. The number of hydrogen-bond acceptors (Lipinski definition) is 5. The Balaban J connectivity index is 1.29. The summed E-state index contributed by atoms with van der Waals surface area (Å²) in [6, 6.07) is 15.4. The van der Waals surface area contributed by atoms with Gasteiger partial charge in [0.15, 0.2) is 0 Å². The molecule has 0 spiro atoms. The summed E-state index contributed by atoms with van der Waals surface area (Å²) in [7, 11) is 0. The normalized spacial score (nSPS) is 19.9. The molecule has 0 saturated carbocycles. The van der Waals surface area contributed by atoms with Crippen molar-refractivity contribution in [1.29, 1.82) is 0 Å². The molecule has 2 aromatic rings. The summed E-state index contributed by atoms with van der Waals surface area (Å²) < 4.78 is 10.9. The topological polar surface area (TPSA) is 114 Å². The number of rotatable bonds is 8. The summed E-state index contributed by atoms with van der Waals surface area (Å²) >= 11 is 0. The molecule has 1 aliphatic heterocycles. The fourth-order valence-electron chi connectivity index (χ4n) is 4.49. The second kappa shape index (κ2) is 10.0. The SMILES string of the molecule is CCC(NC(=O)OCC1c2ccccc2-c2ccccc21)C(=O)NCC1CC(C(=O)O)CO1. The summed E-state index contributed by atoms with van der Waals surface area (Å²) in [6.45, 7) is 2.31. The van der Waals surface area contributed by atoms with Gasteiger partial charge in [-0.15, -0.1) is 0 Å². The van der Waals surface area contributed by atoms with Gasteiger partial charge in [-0.05, 0) is 35.1 Å². The lowest BCUT2D eigenvalue weighted by atomic mass is 9.98. The number of carbonyl (C=O) groups excluding carboxylic acids is 2. The van der Waals surface area contributed by atoms with E-state index in [4.69, 9.17) is 14.6 Å². The van der Waals surface area contributed by atoms with Crippen molar-refractivity contribution < 1.29 is 29.0 Å². The van der Waals surface area contributed by atoms with Gasteiger partial charge in [-0.1, -0.05) is 55.5 Å². The number of carboxylic acid groups (broad SMARTS) is 1. The van der Waals surface area contributed by atoms with E-state index in [1.807, 2.05) is 36.4 Å². The van der Waals surface area contributed by atoms with E-state index in [9.17, 15) is 14.4 Å². The molecule has 1 fully saturated rings. The second-order valence-electron chi connectivity index (χ2n) is 8.40. The third kappa shape index (κ3) is 5.01. The number of aliphatic carboxylic acids is 1. The molecule has 174 valence electrons. The van der Waals surface area contributed by atoms with Crippen LogP contribution in [0.3, 0.4) is 0 Å². The predicted molar refractivity (Wildman–Crippen MR) is 121 cm³/mol. The van der Waals surface area contributed by atoms with Crippen LogP contribution >= 0.6 is 0 Å². The van der Waals surface area contributed by atoms with Crippen molar-refractivity contribution in [1.82, 2.24) is 10.6 Å². The largest absolute Gasteiger partial charge is 0.481 e. The molecule has 3 unspecified atom stereocenters. The quantitative estimate of drug-likeness (QED) is 0.568. The molecular formula is C25H28N2O6. The molecule has 3 atom stereocenters. The summed E-state index contributed by atoms with van der Waals surface area (Å²) in [6.07, 6.45) is -0.255. The highest BCUT2D eigenvalue weighted by Crippen LogP contribution is 2.44. The number of carbonyl (C=O) groups is 3. The van der Waals surface area contributed by atoms with Crippen LogP contribution < -0.4 is 10.6 Å². The van der Waals surface area contributed by atoms with Crippen LogP contribution in [0, 0.1) is 5.92 Å². The van der Waals surface area contributed by atoms with Gasteiger partial charge in [-0.25, -0.2) is 4.79 Å². The Morgan fingerprint density at radius 1 is 1.09 bits per heavy atom. The van der Waals surface area contributed by atoms with Gasteiger partial charge in [0.05, 0.1) is 18.6 Å². The van der Waals surface area contributed by atoms with Crippen LogP contribution in [-0.2, 0) is 19.1 Å². The van der Waals surface area contributed by atoms with Crippen LogP contribution in [0.2, 0.25) is 0 Å². The highest BCUT2D eigenvalue weighted by atomic mass is 16.5. The van der Waals surface area contributed by atoms with E-state index in [2.05, 4.69) is 22.8 Å². The number of amides is 2. The number of benzene rings is 2. The molecule has 0 radical (unpaired) electrons. The van der Waals surface area contributed by atoms with Crippen LogP contribution in [0.15, 0.2) is 48.5 Å². The smallest absolute Gasteiger partial charge is 0.407 e. The number of alkyl carbamates (subject to hydrolysis) is 1. The van der Waals surface area contributed by atoms with Gasteiger partial charge in [0.25, 0.3) is 0 Å². The summed E-state index contributed by atoms with van der Waals surface area (Å²) in [5.41, 5.74) is 4.53. The van der Waals surface area contributed by atoms with Crippen molar-refractivity contribution in [2.24, 2.45) is 5.92 Å². The summed E-state index contributed by atoms with van der Waals surface area (Å²) in [5.74, 6) is -1.85. The molecule has 1 aliphatic carbocycles. The van der Waals surface area contributed by atoms with E-state index in [0.717, 1.165) is 22.3 Å². The minimum absolute atomic E-state index is 0.0567. The van der Waals surface area contributed by atoms with Gasteiger partial charge < -0.3 is 25.2 Å². The molecule has 8 heteroatoms. The molecule has 33 heavy (non-hydrogen) atoms. The molecule has 2 amide bonds. The average molecular weight is 453 g/mol. The molecule has 1 heterocycles. The van der Waals surface area contributed by atoms with Gasteiger partial charge in [0.2, 0.25) is 5.91 Å². The number of hydrogen-bond donors (Lipinski definition) is 3. The van der Waals surface area contributed by atoms with Gasteiger partial charge in [0, 0.05) is 12.5 Å². The Morgan fingerprint density at radius 3 is 2.30 bits per heavy atom. The number of nitrogens with one attached hydrogen (secondary N) is 2. The molecule has 2 aliphatic rings. The first-order valence-corrected chi connectivity index (χ1v) is 11.2. The molecule has 0 aromatic heterocycles. The molecular weight excluding hydrogens is 424 g/mol. The van der Waals surface area contributed by atoms with Gasteiger partial charge in [-0.2, -0.15) is 0 Å². The second-order valence-corrected chi connectivity index (χ2v) is 8.40. The van der Waals surface area contributed by atoms with Crippen molar-refractivity contribution in [3.8, 4) is 11.1 Å². The maximum atomic E-state index is 12.5. The predicted octanol–water partition coefficient (Wildman–Crippen LogP) is 2.91. The van der Waals surface area contributed by atoms with Crippen molar-refractivity contribution in [2.45, 2.75) is 37.8 Å². The molecule has 0 bridgehead atoms. The van der Waals surface area contributed by atoms with Crippen LogP contribution in [-0.4, -0.2) is 55.0 Å². The van der Waals surface area contributed by atoms with E-state index in [-0.39, 0.29) is 37.7 Å². The maximum Gasteiger partial charge on any atom is 0.407 e. The fraction of sp³-hybridized carbons (Fsp3) is 0.400. The minimum atomic E-state index is -0.896. The van der Waals surface area contributed by atoms with Crippen molar-refractivity contribution in [2.75, 3.05) is 19.8 Å². The molecule has 4 rings (SSSR count). The Hall–Kier alpha value is -3.39. The van der Waals surface area contributed by atoms with Gasteiger partial charge in [0.1, 0.15) is 12.6 Å². The van der Waals surface area contributed by atoms with Crippen LogP contribution in [0.25, 0.3) is 11.1 Å². The van der Waals surface area contributed by atoms with E-state index >= 15 is 0 Å². The summed E-state index contributed by atoms with van der Waals surface area (Å²) in [4.78, 5) is 36.0. The molecule has 1 saturated heterocycles. The average Bonchev–Trinajstić information content (AvgIpc) is 3.43. The summed E-state index contributed by atoms with van der Waals surface area (Å²) in [5, 5.41) is 14.4. The van der Waals surface area contributed by atoms with E-state index in [1.165, 1.54) is 0 Å². The Labute approximate surface area is 192 Å². The first-order chi connectivity index (χ1) is 16.0. The van der Waals surface area contributed by atoms with Crippen molar-refractivity contribution in [3.63, 3.8) is 0 Å². The number of ether oxygens (including phenoxy) is 2. The Kier molecular flexibility index (Phi) is 6.93. The Bertz CT molecular complexity index is 994. The zero-order valence-corrected chi connectivity index (χ0v) is 18.5. The zero-order chi connectivity index (χ0) is 23.4. The lowest BCUT2D eigenvalue weighted by Crippen LogP contribution is -2.48. The lowest BCUT2D eigenvalue weighted by Gasteiger charge is -2.19.